The zero-order valence-corrected chi connectivity index (χ0v) is 12.2. The monoisotopic (exact) mass is 264 g/mol. The van der Waals surface area contributed by atoms with Crippen molar-refractivity contribution in [3.63, 3.8) is 0 Å². The molecule has 2 nitrogen and oxygen atoms in total. The molecule has 1 aromatic carbocycles. The Hall–Kier alpha value is -1.19. The topological polar surface area (TPSA) is 15.3 Å². The van der Waals surface area contributed by atoms with E-state index in [2.05, 4.69) is 23.7 Å². The summed E-state index contributed by atoms with van der Waals surface area (Å²) in [5.74, 6) is -0.142. The number of hydrogen-bond acceptors (Lipinski definition) is 2. The predicted octanol–water partition coefficient (Wildman–Crippen LogP) is 3.37. The molecule has 0 aliphatic carbocycles. The van der Waals surface area contributed by atoms with Crippen LogP contribution in [0, 0.1) is 5.82 Å². The lowest BCUT2D eigenvalue weighted by molar-refractivity contribution is 0.275. The summed E-state index contributed by atoms with van der Waals surface area (Å²) in [7, 11) is 2.00. The van der Waals surface area contributed by atoms with Gasteiger partial charge in [-0.05, 0) is 38.6 Å². The van der Waals surface area contributed by atoms with Crippen molar-refractivity contribution in [3.05, 3.63) is 47.8 Å². The first-order valence-corrected chi connectivity index (χ1v) is 6.88. The molecule has 1 aromatic rings. The van der Waals surface area contributed by atoms with Crippen molar-refractivity contribution in [2.45, 2.75) is 26.3 Å². The van der Waals surface area contributed by atoms with Crippen molar-refractivity contribution in [2.24, 2.45) is 0 Å². The van der Waals surface area contributed by atoms with E-state index in [9.17, 15) is 4.39 Å². The summed E-state index contributed by atoms with van der Waals surface area (Å²) in [6, 6.07) is 7.00. The number of nitrogens with one attached hydrogen (secondary N) is 1. The Bertz CT molecular complexity index is 403. The Morgan fingerprint density at radius 3 is 2.74 bits per heavy atom. The molecule has 1 rings (SSSR count). The van der Waals surface area contributed by atoms with Crippen LogP contribution in [-0.4, -0.2) is 31.6 Å². The molecular formula is C16H25FN2. The average molecular weight is 264 g/mol. The summed E-state index contributed by atoms with van der Waals surface area (Å²) >= 11 is 0. The van der Waals surface area contributed by atoms with Gasteiger partial charge < -0.3 is 5.32 Å². The maximum atomic E-state index is 13.7. The maximum Gasteiger partial charge on any atom is 0.127 e. The van der Waals surface area contributed by atoms with Gasteiger partial charge in [-0.25, -0.2) is 4.39 Å². The van der Waals surface area contributed by atoms with E-state index in [1.54, 1.807) is 6.07 Å². The molecule has 0 aromatic heterocycles. The van der Waals surface area contributed by atoms with Gasteiger partial charge in [0.2, 0.25) is 0 Å². The van der Waals surface area contributed by atoms with Crippen molar-refractivity contribution in [3.8, 4) is 0 Å². The molecule has 0 aliphatic heterocycles. The maximum absolute atomic E-state index is 13.7. The molecule has 0 fully saturated rings. The molecule has 1 atom stereocenters. The highest BCUT2D eigenvalue weighted by atomic mass is 19.1. The molecule has 3 heteroatoms. The smallest absolute Gasteiger partial charge is 0.127 e. The molecular weight excluding hydrogens is 239 g/mol. The molecule has 0 aliphatic rings. The van der Waals surface area contributed by atoms with Crippen LogP contribution in [0.25, 0.3) is 0 Å². The zero-order valence-electron chi connectivity index (χ0n) is 12.2. The summed E-state index contributed by atoms with van der Waals surface area (Å²) in [4.78, 5) is 2.12. The van der Waals surface area contributed by atoms with Crippen molar-refractivity contribution in [1.29, 1.82) is 0 Å². The Morgan fingerprint density at radius 1 is 1.42 bits per heavy atom. The molecule has 0 radical (unpaired) electrons. The molecule has 19 heavy (non-hydrogen) atoms. The minimum Gasteiger partial charge on any atom is -0.313 e. The molecule has 0 amide bonds. The van der Waals surface area contributed by atoms with E-state index >= 15 is 0 Å². The van der Waals surface area contributed by atoms with Gasteiger partial charge in [0, 0.05) is 24.7 Å². The van der Waals surface area contributed by atoms with Gasteiger partial charge in [0.1, 0.15) is 5.82 Å². The van der Waals surface area contributed by atoms with Crippen LogP contribution in [0.15, 0.2) is 36.4 Å². The van der Waals surface area contributed by atoms with Crippen LogP contribution in [0.1, 0.15) is 31.9 Å². The Balaban J connectivity index is 2.51. The highest BCUT2D eigenvalue weighted by Gasteiger charge is 2.15. The number of hydrogen-bond donors (Lipinski definition) is 1. The number of nitrogens with zero attached hydrogens (tertiary/aromatic N) is 1. The number of halogens is 1. The Morgan fingerprint density at radius 2 is 2.11 bits per heavy atom. The Labute approximate surface area is 116 Å². The second-order valence-electron chi connectivity index (χ2n) is 5.04. The van der Waals surface area contributed by atoms with E-state index in [-0.39, 0.29) is 11.9 Å². The lowest BCUT2D eigenvalue weighted by Gasteiger charge is -2.26. The van der Waals surface area contributed by atoms with Gasteiger partial charge >= 0.3 is 0 Å². The number of rotatable bonds is 8. The van der Waals surface area contributed by atoms with Crippen LogP contribution in [-0.2, 0) is 0 Å². The van der Waals surface area contributed by atoms with E-state index in [0.29, 0.717) is 0 Å². The second-order valence-corrected chi connectivity index (χ2v) is 5.04. The lowest BCUT2D eigenvalue weighted by atomic mass is 10.1. The zero-order chi connectivity index (χ0) is 14.3. The van der Waals surface area contributed by atoms with Crippen molar-refractivity contribution in [2.75, 3.05) is 26.7 Å². The molecule has 106 valence electrons. The quantitative estimate of drug-likeness (QED) is 0.572. The van der Waals surface area contributed by atoms with Crippen LogP contribution in [0.4, 0.5) is 4.39 Å². The van der Waals surface area contributed by atoms with Gasteiger partial charge in [-0.15, -0.1) is 0 Å². The molecule has 1 unspecified atom stereocenters. The van der Waals surface area contributed by atoms with Crippen LogP contribution in [0.5, 0.6) is 0 Å². The first-order valence-electron chi connectivity index (χ1n) is 6.88. The second kappa shape index (κ2) is 8.08. The number of likely N-dealkylation sites (N-methyl/N-ethyl adjacent to an activating group) is 1. The lowest BCUT2D eigenvalue weighted by Crippen LogP contribution is -2.29. The molecule has 0 heterocycles. The van der Waals surface area contributed by atoms with E-state index in [0.717, 1.165) is 37.2 Å². The fourth-order valence-electron chi connectivity index (χ4n) is 2.04. The molecule has 0 saturated carbocycles. The van der Waals surface area contributed by atoms with E-state index in [1.807, 2.05) is 26.1 Å². The fraction of sp³-hybridized carbons (Fsp3) is 0.500. The summed E-state index contributed by atoms with van der Waals surface area (Å²) in [6.07, 6.45) is 1.12. The first-order chi connectivity index (χ1) is 9.06. The summed E-state index contributed by atoms with van der Waals surface area (Å²) in [6.45, 7) is 10.8. The van der Waals surface area contributed by atoms with E-state index in [1.165, 1.54) is 6.07 Å². The first kappa shape index (κ1) is 15.9. The van der Waals surface area contributed by atoms with E-state index < -0.39 is 0 Å². The van der Waals surface area contributed by atoms with Crippen LogP contribution in [0.2, 0.25) is 0 Å². The third-order valence-corrected chi connectivity index (χ3v) is 3.29. The van der Waals surface area contributed by atoms with Crippen molar-refractivity contribution in [1.82, 2.24) is 10.2 Å². The van der Waals surface area contributed by atoms with Crippen LogP contribution < -0.4 is 5.32 Å². The van der Waals surface area contributed by atoms with Crippen LogP contribution in [0.3, 0.4) is 0 Å². The minimum absolute atomic E-state index is 0.0455. The Kier molecular flexibility index (Phi) is 6.74. The SMILES string of the molecule is C=C(CNCCC)CN(C)C(C)c1ccccc1F. The normalized spacial score (nSPS) is 12.7. The summed E-state index contributed by atoms with van der Waals surface area (Å²) in [5.41, 5.74) is 1.86. The van der Waals surface area contributed by atoms with Gasteiger partial charge in [0.25, 0.3) is 0 Å². The van der Waals surface area contributed by atoms with Crippen LogP contribution >= 0.6 is 0 Å². The standard InChI is InChI=1S/C16H25FN2/c1-5-10-18-11-13(2)12-19(4)14(3)15-8-6-7-9-16(15)17/h6-9,14,18H,2,5,10-12H2,1,3-4H3. The predicted molar refractivity (Wildman–Crippen MR) is 79.7 cm³/mol. The molecule has 1 N–H and O–H groups in total. The molecule has 0 saturated heterocycles. The van der Waals surface area contributed by atoms with Gasteiger partial charge in [0.15, 0.2) is 0 Å². The third kappa shape index (κ3) is 5.13. The molecule has 0 bridgehead atoms. The van der Waals surface area contributed by atoms with Gasteiger partial charge in [-0.3, -0.25) is 4.90 Å². The summed E-state index contributed by atoms with van der Waals surface area (Å²) < 4.78 is 13.7. The van der Waals surface area contributed by atoms with Gasteiger partial charge in [-0.2, -0.15) is 0 Å². The van der Waals surface area contributed by atoms with Gasteiger partial charge in [0.05, 0.1) is 0 Å². The molecule has 0 spiro atoms. The highest BCUT2D eigenvalue weighted by molar-refractivity contribution is 5.21. The highest BCUT2D eigenvalue weighted by Crippen LogP contribution is 2.21. The minimum atomic E-state index is -0.142. The van der Waals surface area contributed by atoms with Crippen molar-refractivity contribution >= 4 is 0 Å². The summed E-state index contributed by atoms with van der Waals surface area (Å²) in [5, 5.41) is 3.33. The number of benzene rings is 1. The van der Waals surface area contributed by atoms with E-state index in [4.69, 9.17) is 0 Å². The van der Waals surface area contributed by atoms with Crippen molar-refractivity contribution < 1.29 is 4.39 Å². The van der Waals surface area contributed by atoms with Gasteiger partial charge in [-0.1, -0.05) is 31.7 Å². The average Bonchev–Trinajstić information content (AvgIpc) is 2.38. The third-order valence-electron chi connectivity index (χ3n) is 3.29. The fourth-order valence-corrected chi connectivity index (χ4v) is 2.04. The largest absolute Gasteiger partial charge is 0.313 e.